The van der Waals surface area contributed by atoms with Gasteiger partial charge in [0.15, 0.2) is 0 Å². The second-order valence-corrected chi connectivity index (χ2v) is 3.36. The van der Waals surface area contributed by atoms with Crippen LogP contribution in [0.15, 0.2) is 24.3 Å². The van der Waals surface area contributed by atoms with Crippen LogP contribution in [0.3, 0.4) is 0 Å². The minimum atomic E-state index is -1.27. The van der Waals surface area contributed by atoms with Crippen molar-refractivity contribution in [3.8, 4) is 0 Å². The first-order valence-electron chi connectivity index (χ1n) is 4.95. The van der Waals surface area contributed by atoms with Gasteiger partial charge in [-0.15, -0.1) is 0 Å². The lowest BCUT2D eigenvalue weighted by atomic mass is 10.1. The largest absolute Gasteiger partial charge is 0.480 e. The summed E-state index contributed by atoms with van der Waals surface area (Å²) in [6.45, 7) is -0.380. The van der Waals surface area contributed by atoms with Crippen molar-refractivity contribution in [3.63, 3.8) is 0 Å². The summed E-state index contributed by atoms with van der Waals surface area (Å²) in [4.78, 5) is 22.3. The summed E-state index contributed by atoms with van der Waals surface area (Å²) in [7, 11) is 0. The maximum Gasteiger partial charge on any atom is 0.326 e. The molecule has 3 N–H and O–H groups in total. The molecule has 0 aromatic heterocycles. The zero-order valence-corrected chi connectivity index (χ0v) is 8.89. The van der Waals surface area contributed by atoms with Gasteiger partial charge in [-0.05, 0) is 12.1 Å². The Labute approximate surface area is 96.9 Å². The average molecular weight is 241 g/mol. The smallest absolute Gasteiger partial charge is 0.326 e. The summed E-state index contributed by atoms with van der Waals surface area (Å²) in [5, 5.41) is 19.5. The van der Waals surface area contributed by atoms with Crippen molar-refractivity contribution >= 4 is 11.9 Å². The lowest BCUT2D eigenvalue weighted by Gasteiger charge is -2.13. The van der Waals surface area contributed by atoms with E-state index in [-0.39, 0.29) is 18.6 Å². The molecule has 0 unspecified atom stereocenters. The number of hydrogen-bond acceptors (Lipinski definition) is 3. The Morgan fingerprint density at radius 3 is 2.53 bits per heavy atom. The number of carbonyl (C=O) groups excluding carboxylic acids is 1. The van der Waals surface area contributed by atoms with Gasteiger partial charge in [0.25, 0.3) is 5.91 Å². The van der Waals surface area contributed by atoms with Gasteiger partial charge in [-0.25, -0.2) is 9.18 Å². The van der Waals surface area contributed by atoms with Gasteiger partial charge in [0.05, 0.1) is 5.56 Å². The van der Waals surface area contributed by atoms with Crippen molar-refractivity contribution < 1.29 is 24.2 Å². The van der Waals surface area contributed by atoms with Crippen LogP contribution in [0.4, 0.5) is 4.39 Å². The molecule has 5 nitrogen and oxygen atoms in total. The molecule has 1 aromatic carbocycles. The van der Waals surface area contributed by atoms with Crippen molar-refractivity contribution in [2.24, 2.45) is 0 Å². The molecule has 0 aliphatic heterocycles. The Morgan fingerprint density at radius 1 is 1.35 bits per heavy atom. The van der Waals surface area contributed by atoms with E-state index in [0.717, 1.165) is 6.07 Å². The summed E-state index contributed by atoms with van der Waals surface area (Å²) in [6, 6.07) is 4.03. The van der Waals surface area contributed by atoms with Crippen LogP contribution in [0.2, 0.25) is 0 Å². The number of halogens is 1. The fourth-order valence-corrected chi connectivity index (χ4v) is 1.27. The fraction of sp³-hybridized carbons (Fsp3) is 0.273. The second kappa shape index (κ2) is 5.95. The third kappa shape index (κ3) is 3.53. The molecule has 6 heteroatoms. The van der Waals surface area contributed by atoms with Gasteiger partial charge >= 0.3 is 5.97 Å². The van der Waals surface area contributed by atoms with Gasteiger partial charge in [0.2, 0.25) is 0 Å². The Kier molecular flexibility index (Phi) is 4.59. The number of aliphatic carboxylic acids is 1. The van der Waals surface area contributed by atoms with Crippen molar-refractivity contribution in [1.29, 1.82) is 0 Å². The summed E-state index contributed by atoms with van der Waals surface area (Å²) < 4.78 is 13.2. The molecule has 0 heterocycles. The van der Waals surface area contributed by atoms with Crippen molar-refractivity contribution in [2.75, 3.05) is 6.61 Å². The molecule has 1 atom stereocenters. The minimum absolute atomic E-state index is 0.129. The first kappa shape index (κ1) is 13.1. The highest BCUT2D eigenvalue weighted by atomic mass is 19.1. The van der Waals surface area contributed by atoms with E-state index < -0.39 is 23.7 Å². The Bertz CT molecular complexity index is 422. The molecule has 0 saturated carbocycles. The first-order chi connectivity index (χ1) is 8.06. The van der Waals surface area contributed by atoms with Crippen molar-refractivity contribution in [1.82, 2.24) is 5.32 Å². The van der Waals surface area contributed by atoms with Crippen LogP contribution >= 0.6 is 0 Å². The number of rotatable bonds is 5. The zero-order valence-electron chi connectivity index (χ0n) is 8.89. The molecule has 1 aromatic rings. The predicted octanol–water partition coefficient (Wildman–Crippen LogP) is 0.391. The molecule has 0 bridgehead atoms. The lowest BCUT2D eigenvalue weighted by molar-refractivity contribution is -0.139. The van der Waals surface area contributed by atoms with Crippen LogP contribution in [0.25, 0.3) is 0 Å². The monoisotopic (exact) mass is 241 g/mol. The number of hydrogen-bond donors (Lipinski definition) is 3. The maximum atomic E-state index is 13.2. The van der Waals surface area contributed by atoms with E-state index in [0.29, 0.717) is 0 Å². The molecule has 17 heavy (non-hydrogen) atoms. The highest BCUT2D eigenvalue weighted by Gasteiger charge is 2.21. The molecule has 0 fully saturated rings. The van der Waals surface area contributed by atoms with Crippen LogP contribution in [-0.4, -0.2) is 34.7 Å². The van der Waals surface area contributed by atoms with Gasteiger partial charge in [0.1, 0.15) is 11.9 Å². The number of aliphatic hydroxyl groups excluding tert-OH is 1. The van der Waals surface area contributed by atoms with E-state index in [1.54, 1.807) is 0 Å². The van der Waals surface area contributed by atoms with Crippen LogP contribution in [0.5, 0.6) is 0 Å². The van der Waals surface area contributed by atoms with Crippen LogP contribution in [0, 0.1) is 5.82 Å². The summed E-state index contributed by atoms with van der Waals surface area (Å²) in [6.07, 6.45) is -0.129. The number of carboxylic acids is 1. The molecular weight excluding hydrogens is 229 g/mol. The molecule has 0 aliphatic carbocycles. The van der Waals surface area contributed by atoms with Gasteiger partial charge < -0.3 is 15.5 Å². The number of carboxylic acid groups (broad SMARTS) is 1. The molecule has 92 valence electrons. The average Bonchev–Trinajstić information content (AvgIpc) is 2.28. The molecule has 0 aliphatic rings. The Hall–Kier alpha value is -1.95. The zero-order chi connectivity index (χ0) is 12.8. The van der Waals surface area contributed by atoms with E-state index in [2.05, 4.69) is 5.32 Å². The van der Waals surface area contributed by atoms with Gasteiger partial charge in [-0.1, -0.05) is 12.1 Å². The van der Waals surface area contributed by atoms with Gasteiger partial charge in [0, 0.05) is 13.0 Å². The summed E-state index contributed by atoms with van der Waals surface area (Å²) in [5.74, 6) is -2.81. The van der Waals surface area contributed by atoms with E-state index in [1.807, 2.05) is 0 Å². The highest BCUT2D eigenvalue weighted by molar-refractivity contribution is 5.96. The van der Waals surface area contributed by atoms with E-state index >= 15 is 0 Å². The predicted molar refractivity (Wildman–Crippen MR) is 57.0 cm³/mol. The summed E-state index contributed by atoms with van der Waals surface area (Å²) in [5.41, 5.74) is -0.225. The standard InChI is InChI=1S/C11H12FNO4/c12-8-4-2-1-3-7(8)10(15)13-9(5-6-14)11(16)17/h1-4,9,14H,5-6H2,(H,13,15)(H,16,17)/t9-/m0/s1. The van der Waals surface area contributed by atoms with Gasteiger partial charge in [-0.2, -0.15) is 0 Å². The maximum absolute atomic E-state index is 13.2. The summed E-state index contributed by atoms with van der Waals surface area (Å²) >= 11 is 0. The SMILES string of the molecule is O=C(N[C@@H](CCO)C(=O)O)c1ccccc1F. The second-order valence-electron chi connectivity index (χ2n) is 3.36. The van der Waals surface area contributed by atoms with Crippen LogP contribution in [0.1, 0.15) is 16.8 Å². The van der Waals surface area contributed by atoms with Crippen molar-refractivity contribution in [2.45, 2.75) is 12.5 Å². The normalized spacial score (nSPS) is 11.9. The Balaban J connectivity index is 2.77. The van der Waals surface area contributed by atoms with Crippen molar-refractivity contribution in [3.05, 3.63) is 35.6 Å². The molecule has 0 spiro atoms. The van der Waals surface area contributed by atoms with E-state index in [9.17, 15) is 14.0 Å². The quantitative estimate of drug-likeness (QED) is 0.696. The number of amides is 1. The molecule has 1 rings (SSSR count). The third-order valence-electron chi connectivity index (χ3n) is 2.14. The minimum Gasteiger partial charge on any atom is -0.480 e. The van der Waals surface area contributed by atoms with Gasteiger partial charge in [-0.3, -0.25) is 4.79 Å². The number of benzene rings is 1. The fourth-order valence-electron chi connectivity index (χ4n) is 1.27. The number of carbonyl (C=O) groups is 2. The first-order valence-corrected chi connectivity index (χ1v) is 4.95. The number of aliphatic hydroxyl groups is 1. The molecule has 0 saturated heterocycles. The van der Waals surface area contributed by atoms with E-state index in [1.165, 1.54) is 18.2 Å². The van der Waals surface area contributed by atoms with Crippen LogP contribution in [-0.2, 0) is 4.79 Å². The topological polar surface area (TPSA) is 86.6 Å². The highest BCUT2D eigenvalue weighted by Crippen LogP contribution is 2.06. The number of nitrogens with one attached hydrogen (secondary N) is 1. The van der Waals surface area contributed by atoms with Crippen LogP contribution < -0.4 is 5.32 Å². The Morgan fingerprint density at radius 2 is 2.00 bits per heavy atom. The van der Waals surface area contributed by atoms with E-state index in [4.69, 9.17) is 10.2 Å². The molecular formula is C11H12FNO4. The molecule has 0 radical (unpaired) electrons. The lowest BCUT2D eigenvalue weighted by Crippen LogP contribution is -2.41. The molecule has 1 amide bonds. The third-order valence-corrected chi connectivity index (χ3v) is 2.14.